The van der Waals surface area contributed by atoms with Crippen LogP contribution in [-0.2, 0) is 11.0 Å². The monoisotopic (exact) mass is 342 g/mol. The van der Waals surface area contributed by atoms with Gasteiger partial charge in [-0.05, 0) is 19.3 Å². The van der Waals surface area contributed by atoms with E-state index in [4.69, 9.17) is 5.11 Å². The van der Waals surface area contributed by atoms with Crippen molar-refractivity contribution in [1.29, 1.82) is 0 Å². The molecule has 24 heavy (non-hydrogen) atoms. The first-order valence-electron chi connectivity index (χ1n) is 7.97. The lowest BCUT2D eigenvalue weighted by Gasteiger charge is -2.41. The summed E-state index contributed by atoms with van der Waals surface area (Å²) in [5.74, 6) is -0.855. The van der Waals surface area contributed by atoms with Gasteiger partial charge in [-0.15, -0.1) is 0 Å². The lowest BCUT2D eigenvalue weighted by atomic mass is 9.93. The Hall–Kier alpha value is -2.06. The average molecular weight is 342 g/mol. The molecule has 0 radical (unpaired) electrons. The van der Waals surface area contributed by atoms with Gasteiger partial charge in [0.1, 0.15) is 5.82 Å². The zero-order valence-corrected chi connectivity index (χ0v) is 12.9. The molecule has 1 unspecified atom stereocenters. The van der Waals surface area contributed by atoms with E-state index in [1.54, 1.807) is 9.80 Å². The first-order valence-corrected chi connectivity index (χ1v) is 7.97. The van der Waals surface area contributed by atoms with Crippen LogP contribution in [0.15, 0.2) is 6.07 Å². The fraction of sp³-hybridized carbons (Fsp3) is 0.667. The SMILES string of the molecule is O=C(O)C1CC12CN(c1cc(C(F)(F)F)nc(N3CCCC3)n1)C2. The van der Waals surface area contributed by atoms with Crippen LogP contribution in [0.25, 0.3) is 0 Å². The molecule has 1 aromatic rings. The summed E-state index contributed by atoms with van der Waals surface area (Å²) in [5, 5.41) is 9.05. The summed E-state index contributed by atoms with van der Waals surface area (Å²) >= 11 is 0. The van der Waals surface area contributed by atoms with Crippen LogP contribution >= 0.6 is 0 Å². The van der Waals surface area contributed by atoms with E-state index < -0.39 is 17.8 Å². The zero-order valence-electron chi connectivity index (χ0n) is 12.9. The topological polar surface area (TPSA) is 69.6 Å². The Bertz CT molecular complexity index is 682. The molecule has 1 N–H and O–H groups in total. The Morgan fingerprint density at radius 1 is 1.21 bits per heavy atom. The number of aliphatic carboxylic acids is 1. The number of nitrogens with zero attached hydrogens (tertiary/aromatic N) is 4. The van der Waals surface area contributed by atoms with Crippen molar-refractivity contribution in [2.24, 2.45) is 11.3 Å². The number of carbonyl (C=O) groups is 1. The molecule has 4 rings (SSSR count). The van der Waals surface area contributed by atoms with E-state index >= 15 is 0 Å². The molecule has 1 atom stereocenters. The van der Waals surface area contributed by atoms with Gasteiger partial charge in [-0.25, -0.2) is 4.98 Å². The highest BCUT2D eigenvalue weighted by Gasteiger charge is 2.65. The fourth-order valence-corrected chi connectivity index (χ4v) is 3.71. The first-order chi connectivity index (χ1) is 11.3. The van der Waals surface area contributed by atoms with Crippen molar-refractivity contribution in [3.63, 3.8) is 0 Å². The number of carboxylic acid groups (broad SMARTS) is 1. The Morgan fingerprint density at radius 3 is 2.42 bits per heavy atom. The molecule has 1 aromatic heterocycles. The molecule has 3 fully saturated rings. The smallest absolute Gasteiger partial charge is 0.433 e. The van der Waals surface area contributed by atoms with Gasteiger partial charge >= 0.3 is 12.1 Å². The van der Waals surface area contributed by atoms with Gasteiger partial charge in [-0.2, -0.15) is 18.2 Å². The molecule has 2 saturated heterocycles. The van der Waals surface area contributed by atoms with Crippen molar-refractivity contribution in [3.8, 4) is 0 Å². The zero-order chi connectivity index (χ0) is 17.1. The summed E-state index contributed by atoms with van der Waals surface area (Å²) in [6.45, 7) is 2.20. The number of halogens is 3. The summed E-state index contributed by atoms with van der Waals surface area (Å²) in [6, 6.07) is 0.963. The van der Waals surface area contributed by atoms with Crippen molar-refractivity contribution >= 4 is 17.7 Å². The summed E-state index contributed by atoms with van der Waals surface area (Å²) in [7, 11) is 0. The molecular formula is C15H17F3N4O2. The largest absolute Gasteiger partial charge is 0.481 e. The lowest BCUT2D eigenvalue weighted by Crippen LogP contribution is -2.51. The molecule has 1 spiro atoms. The van der Waals surface area contributed by atoms with Crippen LogP contribution in [0.3, 0.4) is 0 Å². The Balaban J connectivity index is 1.59. The molecule has 2 aliphatic heterocycles. The van der Waals surface area contributed by atoms with E-state index in [0.29, 0.717) is 32.6 Å². The number of hydrogen-bond donors (Lipinski definition) is 1. The summed E-state index contributed by atoms with van der Waals surface area (Å²) in [5.41, 5.74) is -1.22. The molecule has 9 heteroatoms. The Morgan fingerprint density at radius 2 is 1.88 bits per heavy atom. The standard InChI is InChI=1S/C15H17F3N4O2/c16-15(17,18)10-5-11(20-13(19-10)21-3-1-2-4-21)22-7-14(8-22)6-9(14)12(23)24/h5,9H,1-4,6-8H2,(H,23,24). The third kappa shape index (κ3) is 2.46. The van der Waals surface area contributed by atoms with Crippen molar-refractivity contribution in [2.45, 2.75) is 25.4 Å². The maximum Gasteiger partial charge on any atom is 0.433 e. The molecule has 0 bridgehead atoms. The second-order valence-corrected chi connectivity index (χ2v) is 6.92. The minimum Gasteiger partial charge on any atom is -0.481 e. The van der Waals surface area contributed by atoms with Gasteiger partial charge in [-0.1, -0.05) is 0 Å². The van der Waals surface area contributed by atoms with Gasteiger partial charge in [0, 0.05) is 37.7 Å². The highest BCUT2D eigenvalue weighted by Crippen LogP contribution is 2.59. The molecule has 1 saturated carbocycles. The predicted molar refractivity (Wildman–Crippen MR) is 78.9 cm³/mol. The van der Waals surface area contributed by atoms with Crippen molar-refractivity contribution in [3.05, 3.63) is 11.8 Å². The first kappa shape index (κ1) is 15.5. The number of anilines is 2. The number of hydrogen-bond acceptors (Lipinski definition) is 5. The van der Waals surface area contributed by atoms with Crippen LogP contribution in [0.5, 0.6) is 0 Å². The maximum absolute atomic E-state index is 13.1. The van der Waals surface area contributed by atoms with E-state index in [0.717, 1.165) is 18.9 Å². The van der Waals surface area contributed by atoms with Gasteiger partial charge in [0.15, 0.2) is 5.69 Å². The highest BCUT2D eigenvalue weighted by molar-refractivity contribution is 5.76. The quantitative estimate of drug-likeness (QED) is 0.906. The van der Waals surface area contributed by atoms with Crippen molar-refractivity contribution < 1.29 is 23.1 Å². The van der Waals surface area contributed by atoms with Crippen molar-refractivity contribution in [2.75, 3.05) is 36.0 Å². The van der Waals surface area contributed by atoms with Gasteiger partial charge in [-0.3, -0.25) is 4.79 Å². The number of rotatable bonds is 3. The van der Waals surface area contributed by atoms with Gasteiger partial charge < -0.3 is 14.9 Å². The fourth-order valence-electron chi connectivity index (χ4n) is 3.71. The second kappa shape index (κ2) is 4.97. The van der Waals surface area contributed by atoms with E-state index in [-0.39, 0.29) is 23.1 Å². The van der Waals surface area contributed by atoms with Crippen LogP contribution in [0.4, 0.5) is 24.9 Å². The molecular weight excluding hydrogens is 325 g/mol. The normalized spacial score (nSPS) is 25.0. The lowest BCUT2D eigenvalue weighted by molar-refractivity contribution is -0.141. The van der Waals surface area contributed by atoms with Gasteiger partial charge in [0.25, 0.3) is 0 Å². The highest BCUT2D eigenvalue weighted by atomic mass is 19.4. The van der Waals surface area contributed by atoms with Crippen molar-refractivity contribution in [1.82, 2.24) is 9.97 Å². The van der Waals surface area contributed by atoms with E-state index in [1.165, 1.54) is 0 Å². The molecule has 3 aliphatic rings. The van der Waals surface area contributed by atoms with Crippen LogP contribution < -0.4 is 9.80 Å². The Labute approximate surface area is 136 Å². The summed E-state index contributed by atoms with van der Waals surface area (Å²) in [4.78, 5) is 22.5. The minimum absolute atomic E-state index is 0.115. The van der Waals surface area contributed by atoms with Crippen LogP contribution in [0, 0.1) is 11.3 Å². The molecule has 6 nitrogen and oxygen atoms in total. The molecule has 0 aromatic carbocycles. The predicted octanol–water partition coefficient (Wildman–Crippen LogP) is 2.01. The second-order valence-electron chi connectivity index (χ2n) is 6.92. The molecule has 1 aliphatic carbocycles. The minimum atomic E-state index is -4.53. The number of carboxylic acids is 1. The third-order valence-corrected chi connectivity index (χ3v) is 5.20. The van der Waals surface area contributed by atoms with Crippen LogP contribution in [0.2, 0.25) is 0 Å². The Kier molecular flexibility index (Phi) is 3.20. The van der Waals surface area contributed by atoms with E-state index in [9.17, 15) is 18.0 Å². The van der Waals surface area contributed by atoms with Gasteiger partial charge in [0.2, 0.25) is 5.95 Å². The third-order valence-electron chi connectivity index (χ3n) is 5.20. The molecule has 130 valence electrons. The average Bonchev–Trinajstić information content (AvgIpc) is 3.00. The number of aromatic nitrogens is 2. The van der Waals surface area contributed by atoms with Crippen LogP contribution in [0.1, 0.15) is 25.0 Å². The van der Waals surface area contributed by atoms with E-state index in [2.05, 4.69) is 9.97 Å². The summed E-state index contributed by atoms with van der Waals surface area (Å²) < 4.78 is 39.4. The van der Waals surface area contributed by atoms with E-state index in [1.807, 2.05) is 0 Å². The maximum atomic E-state index is 13.1. The molecule has 3 heterocycles. The summed E-state index contributed by atoms with van der Waals surface area (Å²) in [6.07, 6.45) is -2.10. The van der Waals surface area contributed by atoms with Gasteiger partial charge in [0.05, 0.1) is 5.92 Å². The van der Waals surface area contributed by atoms with Crippen LogP contribution in [-0.4, -0.2) is 47.2 Å². The number of alkyl halides is 3. The molecule has 0 amide bonds.